The molecule has 0 N–H and O–H groups in total. The molecule has 0 saturated heterocycles. The van der Waals surface area contributed by atoms with Crippen molar-refractivity contribution >= 4 is 32.6 Å². The van der Waals surface area contributed by atoms with Gasteiger partial charge in [-0.3, -0.25) is 9.97 Å². The van der Waals surface area contributed by atoms with E-state index in [-0.39, 0.29) is 0 Å². The van der Waals surface area contributed by atoms with Crippen LogP contribution in [0, 0.1) is 0 Å². The van der Waals surface area contributed by atoms with Crippen molar-refractivity contribution in [3.8, 4) is 67.0 Å². The minimum atomic E-state index is 0.927. The van der Waals surface area contributed by atoms with Crippen molar-refractivity contribution in [1.29, 1.82) is 0 Å². The Hall–Kier alpha value is -7.30. The monoisotopic (exact) mass is 688 g/mol. The first-order chi connectivity index (χ1) is 26.8. The first-order valence-corrected chi connectivity index (χ1v) is 18.1. The Balaban J connectivity index is 1.24. The van der Waals surface area contributed by atoms with Crippen molar-refractivity contribution in [2.75, 3.05) is 0 Å². The zero-order chi connectivity index (χ0) is 35.8. The summed E-state index contributed by atoms with van der Waals surface area (Å²) in [6, 6.07) is 59.8. The highest BCUT2D eigenvalue weighted by Gasteiger charge is 2.17. The molecule has 0 saturated carbocycles. The molecule has 10 rings (SSSR count). The van der Waals surface area contributed by atoms with Crippen molar-refractivity contribution in [1.82, 2.24) is 19.9 Å². The second-order valence-electron chi connectivity index (χ2n) is 13.5. The molecule has 4 heteroatoms. The van der Waals surface area contributed by atoms with Gasteiger partial charge in [-0.05, 0) is 69.8 Å². The number of benzene rings is 6. The molecule has 0 aliphatic rings. The molecule has 0 radical (unpaired) electrons. The van der Waals surface area contributed by atoms with E-state index in [9.17, 15) is 0 Å². The maximum Gasteiger partial charge on any atom is 0.0794 e. The van der Waals surface area contributed by atoms with Crippen LogP contribution in [0.1, 0.15) is 0 Å². The van der Waals surface area contributed by atoms with E-state index in [2.05, 4.69) is 156 Å². The number of hydrogen-bond donors (Lipinski definition) is 0. The Kier molecular flexibility index (Phi) is 7.77. The maximum absolute atomic E-state index is 5.41. The lowest BCUT2D eigenvalue weighted by Gasteiger charge is -2.16. The molecular weight excluding hydrogens is 657 g/mol. The van der Waals surface area contributed by atoms with Gasteiger partial charge in [-0.1, -0.05) is 133 Å². The SMILES string of the molecule is c1ccc(-c2cc(-c3cccc(-c4cccnc4)c3)c3ccc4c(ccc5c(-c6cccc(-c7cccnc7)c6)cc(-c6ccccc6)nc54)c3n2)cc1. The van der Waals surface area contributed by atoms with Crippen LogP contribution in [0.4, 0.5) is 0 Å². The first-order valence-electron chi connectivity index (χ1n) is 18.1. The average molecular weight is 689 g/mol. The van der Waals surface area contributed by atoms with E-state index in [1.807, 2.05) is 49.1 Å². The van der Waals surface area contributed by atoms with Gasteiger partial charge in [0.05, 0.1) is 22.4 Å². The van der Waals surface area contributed by atoms with Crippen LogP contribution >= 0.6 is 0 Å². The minimum absolute atomic E-state index is 0.927. The summed E-state index contributed by atoms with van der Waals surface area (Å²) in [5, 5.41) is 4.31. The highest BCUT2D eigenvalue weighted by Crippen LogP contribution is 2.41. The zero-order valence-corrected chi connectivity index (χ0v) is 29.3. The van der Waals surface area contributed by atoms with E-state index < -0.39 is 0 Å². The third-order valence-electron chi connectivity index (χ3n) is 10.2. The fourth-order valence-corrected chi connectivity index (χ4v) is 7.57. The number of fused-ring (bicyclic) bond motifs is 5. The van der Waals surface area contributed by atoms with Gasteiger partial charge in [0.25, 0.3) is 0 Å². The van der Waals surface area contributed by atoms with E-state index in [1.165, 1.54) is 0 Å². The Morgan fingerprint density at radius 2 is 0.667 bits per heavy atom. The lowest BCUT2D eigenvalue weighted by Crippen LogP contribution is -1.94. The molecular formula is C50H32N4. The van der Waals surface area contributed by atoms with E-state index >= 15 is 0 Å². The van der Waals surface area contributed by atoms with Crippen molar-refractivity contribution < 1.29 is 0 Å². The molecule has 0 unspecified atom stereocenters. The lowest BCUT2D eigenvalue weighted by atomic mass is 9.91. The van der Waals surface area contributed by atoms with Gasteiger partial charge in [-0.15, -0.1) is 0 Å². The summed E-state index contributed by atoms with van der Waals surface area (Å²) < 4.78 is 0. The van der Waals surface area contributed by atoms with Crippen LogP contribution < -0.4 is 0 Å². The molecule has 4 heterocycles. The molecule has 6 aromatic carbocycles. The summed E-state index contributed by atoms with van der Waals surface area (Å²) in [6.45, 7) is 0. The molecule has 0 aliphatic heterocycles. The van der Waals surface area contributed by atoms with Crippen LogP contribution in [0.15, 0.2) is 195 Å². The van der Waals surface area contributed by atoms with E-state index in [4.69, 9.17) is 9.97 Å². The molecule has 10 aromatic rings. The highest BCUT2D eigenvalue weighted by atomic mass is 14.7. The molecule has 0 bridgehead atoms. The van der Waals surface area contributed by atoms with E-state index in [1.54, 1.807) is 0 Å². The molecule has 54 heavy (non-hydrogen) atoms. The summed E-state index contributed by atoms with van der Waals surface area (Å²) in [4.78, 5) is 19.6. The van der Waals surface area contributed by atoms with Crippen molar-refractivity contribution in [2.24, 2.45) is 0 Å². The number of rotatable bonds is 6. The standard InChI is InChI=1S/C50H32N4/c1-3-11-33(12-4-1)47-29-45(37-17-7-15-35(27-37)39-19-9-25-51-31-39)43-23-22-42-41(49(43)53-47)21-24-44-46(30-48(54-50(42)44)34-13-5-2-6-14-34)38-18-8-16-36(28-38)40-20-10-26-52-32-40/h1-32H. The Labute approximate surface area is 313 Å². The van der Waals surface area contributed by atoms with E-state index in [0.29, 0.717) is 0 Å². The first kappa shape index (κ1) is 31.4. The quantitative estimate of drug-likeness (QED) is 0.163. The number of nitrogens with zero attached hydrogens (tertiary/aromatic N) is 4. The van der Waals surface area contributed by atoms with Gasteiger partial charge < -0.3 is 0 Å². The highest BCUT2D eigenvalue weighted by molar-refractivity contribution is 6.19. The Morgan fingerprint density at radius 1 is 0.278 bits per heavy atom. The molecule has 0 fully saturated rings. The van der Waals surface area contributed by atoms with Crippen LogP contribution in [0.2, 0.25) is 0 Å². The predicted octanol–water partition coefficient (Wildman–Crippen LogP) is 12.7. The van der Waals surface area contributed by atoms with Crippen LogP contribution in [0.5, 0.6) is 0 Å². The summed E-state index contributed by atoms with van der Waals surface area (Å²) in [7, 11) is 0. The van der Waals surface area contributed by atoms with Gasteiger partial charge in [0.2, 0.25) is 0 Å². The number of hydrogen-bond acceptors (Lipinski definition) is 4. The average Bonchev–Trinajstić information content (AvgIpc) is 3.26. The number of pyridine rings is 4. The normalized spacial score (nSPS) is 11.3. The largest absolute Gasteiger partial charge is 0.264 e. The second kappa shape index (κ2) is 13.4. The van der Waals surface area contributed by atoms with Gasteiger partial charge in [-0.2, -0.15) is 0 Å². The van der Waals surface area contributed by atoms with Crippen LogP contribution in [-0.4, -0.2) is 19.9 Å². The summed E-state index contributed by atoms with van der Waals surface area (Å²) in [6.07, 6.45) is 7.45. The Bertz CT molecular complexity index is 2760. The molecule has 0 atom stereocenters. The molecule has 0 spiro atoms. The Morgan fingerprint density at radius 3 is 1.09 bits per heavy atom. The fraction of sp³-hybridized carbons (Fsp3) is 0. The lowest BCUT2D eigenvalue weighted by molar-refractivity contribution is 1.33. The number of aromatic nitrogens is 4. The van der Waals surface area contributed by atoms with Gasteiger partial charge in [0, 0.05) is 68.6 Å². The summed E-state index contributed by atoms with van der Waals surface area (Å²) in [5.41, 5.74) is 14.8. The van der Waals surface area contributed by atoms with Crippen molar-refractivity contribution in [3.63, 3.8) is 0 Å². The second-order valence-corrected chi connectivity index (χ2v) is 13.5. The van der Waals surface area contributed by atoms with Crippen molar-refractivity contribution in [3.05, 3.63) is 195 Å². The zero-order valence-electron chi connectivity index (χ0n) is 29.3. The van der Waals surface area contributed by atoms with Crippen LogP contribution in [0.3, 0.4) is 0 Å². The molecule has 252 valence electrons. The smallest absolute Gasteiger partial charge is 0.0794 e. The van der Waals surface area contributed by atoms with Gasteiger partial charge >= 0.3 is 0 Å². The summed E-state index contributed by atoms with van der Waals surface area (Å²) in [5.74, 6) is 0. The van der Waals surface area contributed by atoms with Crippen LogP contribution in [-0.2, 0) is 0 Å². The molecule has 4 aromatic heterocycles. The van der Waals surface area contributed by atoms with Gasteiger partial charge in [-0.25, -0.2) is 9.97 Å². The fourth-order valence-electron chi connectivity index (χ4n) is 7.57. The summed E-state index contributed by atoms with van der Waals surface area (Å²) >= 11 is 0. The predicted molar refractivity (Wildman–Crippen MR) is 223 cm³/mol. The third kappa shape index (κ3) is 5.67. The topological polar surface area (TPSA) is 51.6 Å². The minimum Gasteiger partial charge on any atom is -0.264 e. The molecule has 4 nitrogen and oxygen atoms in total. The maximum atomic E-state index is 5.41. The third-order valence-corrected chi connectivity index (χ3v) is 10.2. The molecule has 0 aliphatic carbocycles. The van der Waals surface area contributed by atoms with Gasteiger partial charge in [0.1, 0.15) is 0 Å². The van der Waals surface area contributed by atoms with E-state index in [0.717, 1.165) is 99.6 Å². The van der Waals surface area contributed by atoms with Crippen molar-refractivity contribution in [2.45, 2.75) is 0 Å². The van der Waals surface area contributed by atoms with Gasteiger partial charge in [0.15, 0.2) is 0 Å². The molecule has 0 amide bonds. The van der Waals surface area contributed by atoms with Crippen LogP contribution in [0.25, 0.3) is 99.6 Å².